The van der Waals surface area contributed by atoms with E-state index < -0.39 is 23.9 Å². The van der Waals surface area contributed by atoms with Gasteiger partial charge in [0.1, 0.15) is 17.5 Å². The second-order valence-electron chi connectivity index (χ2n) is 5.94. The van der Waals surface area contributed by atoms with E-state index in [0.717, 1.165) is 17.3 Å². The Labute approximate surface area is 171 Å². The number of carboxylic acids is 1. The Morgan fingerprint density at radius 1 is 1.24 bits per heavy atom. The molecule has 0 saturated carbocycles. The first kappa shape index (κ1) is 21.8. The van der Waals surface area contributed by atoms with Crippen LogP contribution in [0.2, 0.25) is 0 Å². The van der Waals surface area contributed by atoms with Gasteiger partial charge < -0.3 is 26.0 Å². The van der Waals surface area contributed by atoms with E-state index in [4.69, 9.17) is 10.5 Å². The van der Waals surface area contributed by atoms with Gasteiger partial charge in [0.05, 0.1) is 11.3 Å². The standard InChI is InChI=1S/C20H20N2O6S/c1-3-12-4-6-13(7-5-12)28-20(27)14-8-9-16(24)17(21)18(14)29-10-15(19(25)26)22-11(2)23/h3-9,15,24H,1,10,21H2,2H3,(H,22,23)(H,25,26). The SMILES string of the molecule is C=Cc1ccc(OC(=O)c2ccc(O)c(N)c2SCC(NC(C)=O)C(=O)O)cc1. The molecule has 2 rings (SSSR count). The number of esters is 1. The van der Waals surface area contributed by atoms with E-state index in [0.29, 0.717) is 5.75 Å². The van der Waals surface area contributed by atoms with Gasteiger partial charge in [0, 0.05) is 17.6 Å². The van der Waals surface area contributed by atoms with E-state index in [1.54, 1.807) is 30.3 Å². The highest BCUT2D eigenvalue weighted by Crippen LogP contribution is 2.36. The van der Waals surface area contributed by atoms with E-state index >= 15 is 0 Å². The van der Waals surface area contributed by atoms with Crippen molar-refractivity contribution in [2.75, 3.05) is 11.5 Å². The number of hydrogen-bond donors (Lipinski definition) is 4. The number of aliphatic carboxylic acids is 1. The molecular weight excluding hydrogens is 396 g/mol. The monoisotopic (exact) mass is 416 g/mol. The minimum Gasteiger partial charge on any atom is -0.506 e. The molecule has 0 aromatic heterocycles. The lowest BCUT2D eigenvalue weighted by molar-refractivity contribution is -0.140. The number of phenolic OH excluding ortho intramolecular Hbond substituents is 1. The first-order valence-electron chi connectivity index (χ1n) is 8.41. The molecule has 0 radical (unpaired) electrons. The molecule has 0 aliphatic heterocycles. The largest absolute Gasteiger partial charge is 0.506 e. The summed E-state index contributed by atoms with van der Waals surface area (Å²) in [5, 5.41) is 21.4. The Hall–Kier alpha value is -3.46. The van der Waals surface area contributed by atoms with Crippen molar-refractivity contribution in [3.05, 3.63) is 54.1 Å². The Balaban J connectivity index is 2.26. The third-order valence-corrected chi connectivity index (χ3v) is 5.02. The molecule has 2 aromatic rings. The number of benzene rings is 2. The summed E-state index contributed by atoms with van der Waals surface area (Å²) in [6.07, 6.45) is 1.65. The third kappa shape index (κ3) is 5.76. The van der Waals surface area contributed by atoms with Crippen molar-refractivity contribution in [2.24, 2.45) is 0 Å². The summed E-state index contributed by atoms with van der Waals surface area (Å²) in [6, 6.07) is 8.03. The van der Waals surface area contributed by atoms with Crippen LogP contribution in [0.3, 0.4) is 0 Å². The van der Waals surface area contributed by atoms with Crippen LogP contribution in [-0.2, 0) is 9.59 Å². The molecule has 1 unspecified atom stereocenters. The van der Waals surface area contributed by atoms with Gasteiger partial charge in [-0.25, -0.2) is 9.59 Å². The van der Waals surface area contributed by atoms with Crippen LogP contribution in [0.15, 0.2) is 47.9 Å². The van der Waals surface area contributed by atoms with Crippen molar-refractivity contribution in [3.63, 3.8) is 0 Å². The molecule has 29 heavy (non-hydrogen) atoms. The Morgan fingerprint density at radius 3 is 2.45 bits per heavy atom. The van der Waals surface area contributed by atoms with Crippen molar-refractivity contribution >= 4 is 41.4 Å². The predicted octanol–water partition coefficient (Wildman–Crippen LogP) is 2.52. The van der Waals surface area contributed by atoms with Crippen molar-refractivity contribution < 1.29 is 29.3 Å². The Kier molecular flexibility index (Phi) is 7.27. The number of nitrogen functional groups attached to an aromatic ring is 1. The minimum absolute atomic E-state index is 0.0602. The van der Waals surface area contributed by atoms with Gasteiger partial charge in [0.25, 0.3) is 0 Å². The topological polar surface area (TPSA) is 139 Å². The van der Waals surface area contributed by atoms with Gasteiger partial charge >= 0.3 is 11.9 Å². The number of nitrogens with two attached hydrogens (primary N) is 1. The average Bonchev–Trinajstić information content (AvgIpc) is 2.68. The number of phenols is 1. The van der Waals surface area contributed by atoms with Crippen LogP contribution >= 0.6 is 11.8 Å². The smallest absolute Gasteiger partial charge is 0.344 e. The lowest BCUT2D eigenvalue weighted by atomic mass is 10.2. The summed E-state index contributed by atoms with van der Waals surface area (Å²) in [7, 11) is 0. The zero-order valence-corrected chi connectivity index (χ0v) is 16.4. The summed E-state index contributed by atoms with van der Waals surface area (Å²) >= 11 is 0.917. The molecule has 0 bridgehead atoms. The first-order valence-corrected chi connectivity index (χ1v) is 9.40. The fourth-order valence-electron chi connectivity index (χ4n) is 2.33. The van der Waals surface area contributed by atoms with E-state index in [9.17, 15) is 24.6 Å². The lowest BCUT2D eigenvalue weighted by Gasteiger charge is -2.16. The number of carbonyl (C=O) groups excluding carboxylic acids is 2. The lowest BCUT2D eigenvalue weighted by Crippen LogP contribution is -2.41. The number of hydrogen-bond acceptors (Lipinski definition) is 7. The van der Waals surface area contributed by atoms with Crippen LogP contribution in [0.25, 0.3) is 6.08 Å². The molecule has 152 valence electrons. The van der Waals surface area contributed by atoms with Crippen LogP contribution in [0.5, 0.6) is 11.5 Å². The number of carboxylic acid groups (broad SMARTS) is 1. The van der Waals surface area contributed by atoms with Gasteiger partial charge in [-0.15, -0.1) is 11.8 Å². The van der Waals surface area contributed by atoms with Crippen LogP contribution < -0.4 is 15.8 Å². The van der Waals surface area contributed by atoms with Gasteiger partial charge in [0.15, 0.2) is 0 Å². The van der Waals surface area contributed by atoms with Crippen molar-refractivity contribution in [3.8, 4) is 11.5 Å². The maximum absolute atomic E-state index is 12.6. The fourth-order valence-corrected chi connectivity index (χ4v) is 3.45. The Morgan fingerprint density at radius 2 is 1.90 bits per heavy atom. The van der Waals surface area contributed by atoms with Crippen LogP contribution in [0, 0.1) is 0 Å². The van der Waals surface area contributed by atoms with Crippen LogP contribution in [0.4, 0.5) is 5.69 Å². The van der Waals surface area contributed by atoms with Gasteiger partial charge in [-0.2, -0.15) is 0 Å². The molecule has 0 saturated heterocycles. The van der Waals surface area contributed by atoms with E-state index in [1.165, 1.54) is 19.1 Å². The summed E-state index contributed by atoms with van der Waals surface area (Å²) in [4.78, 5) is 35.3. The molecule has 1 amide bonds. The van der Waals surface area contributed by atoms with E-state index in [-0.39, 0.29) is 27.6 Å². The van der Waals surface area contributed by atoms with Crippen molar-refractivity contribution in [2.45, 2.75) is 17.9 Å². The van der Waals surface area contributed by atoms with E-state index in [1.807, 2.05) is 0 Å². The number of thioether (sulfide) groups is 1. The van der Waals surface area contributed by atoms with Gasteiger partial charge in [-0.3, -0.25) is 4.79 Å². The molecule has 1 atom stereocenters. The highest BCUT2D eigenvalue weighted by Gasteiger charge is 2.23. The quantitative estimate of drug-likeness (QED) is 0.169. The second-order valence-corrected chi connectivity index (χ2v) is 6.97. The summed E-state index contributed by atoms with van der Waals surface area (Å²) in [5.74, 6) is -2.55. The van der Waals surface area contributed by atoms with Crippen molar-refractivity contribution in [1.29, 1.82) is 0 Å². The second kappa shape index (κ2) is 9.65. The average molecular weight is 416 g/mol. The molecule has 0 fully saturated rings. The molecule has 0 aliphatic carbocycles. The maximum Gasteiger partial charge on any atom is 0.344 e. The van der Waals surface area contributed by atoms with Gasteiger partial charge in [-0.1, -0.05) is 24.8 Å². The van der Waals surface area contributed by atoms with Gasteiger partial charge in [0.2, 0.25) is 5.91 Å². The van der Waals surface area contributed by atoms with Crippen LogP contribution in [-0.4, -0.2) is 39.9 Å². The summed E-state index contributed by atoms with van der Waals surface area (Å²) in [5.41, 5.74) is 6.72. The molecule has 8 nitrogen and oxygen atoms in total. The number of carbonyl (C=O) groups is 3. The number of anilines is 1. The van der Waals surface area contributed by atoms with Crippen LogP contribution in [0.1, 0.15) is 22.8 Å². The highest BCUT2D eigenvalue weighted by molar-refractivity contribution is 7.99. The predicted molar refractivity (Wildman–Crippen MR) is 110 cm³/mol. The third-order valence-electron chi connectivity index (χ3n) is 3.79. The number of ether oxygens (including phenoxy) is 1. The number of amides is 1. The number of rotatable bonds is 8. The molecule has 0 heterocycles. The molecule has 0 aliphatic rings. The molecular formula is C20H20N2O6S. The highest BCUT2D eigenvalue weighted by atomic mass is 32.2. The van der Waals surface area contributed by atoms with E-state index in [2.05, 4.69) is 11.9 Å². The number of aromatic hydroxyl groups is 1. The maximum atomic E-state index is 12.6. The molecule has 9 heteroatoms. The minimum atomic E-state index is -1.24. The first-order chi connectivity index (χ1) is 13.7. The Bertz CT molecular complexity index is 943. The summed E-state index contributed by atoms with van der Waals surface area (Å²) < 4.78 is 5.34. The van der Waals surface area contributed by atoms with Crippen molar-refractivity contribution in [1.82, 2.24) is 5.32 Å². The van der Waals surface area contributed by atoms with Gasteiger partial charge in [-0.05, 0) is 29.8 Å². The zero-order valence-electron chi connectivity index (χ0n) is 15.5. The molecule has 5 N–H and O–H groups in total. The molecule has 0 spiro atoms. The fraction of sp³-hybridized carbons (Fsp3) is 0.150. The molecule has 2 aromatic carbocycles. The summed E-state index contributed by atoms with van der Waals surface area (Å²) in [6.45, 7) is 4.85. The number of nitrogens with one attached hydrogen (secondary N) is 1. The normalized spacial score (nSPS) is 11.3. The zero-order chi connectivity index (χ0) is 21.6.